The molecule has 0 rings (SSSR count). The van der Waals surface area contributed by atoms with Crippen LogP contribution in [0.1, 0.15) is 32.6 Å². The molecule has 0 saturated heterocycles. The van der Waals surface area contributed by atoms with Crippen LogP contribution in [0.5, 0.6) is 0 Å². The van der Waals surface area contributed by atoms with E-state index >= 15 is 0 Å². The van der Waals surface area contributed by atoms with E-state index in [0.29, 0.717) is 26.4 Å². The highest BCUT2D eigenvalue weighted by molar-refractivity contribution is 7.08. The van der Waals surface area contributed by atoms with Crippen molar-refractivity contribution in [2.75, 3.05) is 7.05 Å². The fourth-order valence-electron chi connectivity index (χ4n) is 1.89. The average molecular weight is 292 g/mol. The largest absolute Gasteiger partial charge is 0.345 e. The average Bonchev–Trinajstić information content (AvgIpc) is 2.42. The molecule has 0 aromatic carbocycles. The molecule has 0 heterocycles. The van der Waals surface area contributed by atoms with Crippen molar-refractivity contribution in [1.29, 1.82) is 0 Å². The molecule has 21 heavy (non-hydrogen) atoms. The third-order valence-electron chi connectivity index (χ3n) is 3.36. The van der Waals surface area contributed by atoms with Crippen LogP contribution in [-0.4, -0.2) is 64.9 Å². The zero-order valence-electron chi connectivity index (χ0n) is 13.3. The molecule has 0 radical (unpaired) electrons. The number of rotatable bonds is 11. The van der Waals surface area contributed by atoms with E-state index < -0.39 is 12.1 Å². The minimum atomic E-state index is -0.652. The molecule has 0 aromatic heterocycles. The van der Waals surface area contributed by atoms with Gasteiger partial charge in [0.15, 0.2) is 20.8 Å². The molecule has 0 fully saturated rings. The maximum atomic E-state index is 12.1. The molecule has 0 spiro atoms. The zero-order valence-corrected chi connectivity index (χ0v) is 13.3. The van der Waals surface area contributed by atoms with Gasteiger partial charge in [-0.05, 0) is 39.7 Å². The van der Waals surface area contributed by atoms with Gasteiger partial charge in [-0.15, -0.1) is 0 Å². The van der Waals surface area contributed by atoms with Crippen molar-refractivity contribution in [3.63, 3.8) is 0 Å². The van der Waals surface area contributed by atoms with Crippen LogP contribution in [0.4, 0.5) is 0 Å². The lowest BCUT2D eigenvalue weighted by molar-refractivity contribution is -0.128. The molecule has 6 nitrogen and oxygen atoms in total. The normalized spacial score (nSPS) is 13.0. The first-order valence-electron chi connectivity index (χ1n) is 7.31. The van der Waals surface area contributed by atoms with E-state index in [2.05, 4.69) is 10.6 Å². The standard InChI is InChI=1S/C12H23B3N2O4/c1-7(18)8(4-6-11(20)15-14)17-12(21)9(16-2)3-5-10(13)19/h8-9,15-16H,3-6,13-14H2,1-2H3,(H,17,21). The van der Waals surface area contributed by atoms with Crippen LogP contribution in [0.25, 0.3) is 0 Å². The molecule has 1 amide bonds. The van der Waals surface area contributed by atoms with Gasteiger partial charge in [0.2, 0.25) is 5.91 Å². The minimum Gasteiger partial charge on any atom is -0.345 e. The van der Waals surface area contributed by atoms with Crippen LogP contribution in [0.2, 0.25) is 0 Å². The summed E-state index contributed by atoms with van der Waals surface area (Å²) in [4.78, 5) is 45.9. The summed E-state index contributed by atoms with van der Waals surface area (Å²) >= 11 is 0. The van der Waals surface area contributed by atoms with Gasteiger partial charge in [-0.1, -0.05) is 0 Å². The maximum Gasteiger partial charge on any atom is 0.237 e. The van der Waals surface area contributed by atoms with E-state index in [4.69, 9.17) is 0 Å². The van der Waals surface area contributed by atoms with Crippen LogP contribution in [0, 0.1) is 0 Å². The highest BCUT2D eigenvalue weighted by atomic mass is 16.2. The van der Waals surface area contributed by atoms with Crippen LogP contribution >= 0.6 is 0 Å². The molecule has 0 aliphatic heterocycles. The molecule has 0 aromatic rings. The summed E-state index contributed by atoms with van der Waals surface area (Å²) in [6.07, 6.45) is 1.28. The molecule has 0 aliphatic rings. The van der Waals surface area contributed by atoms with E-state index in [9.17, 15) is 19.2 Å². The van der Waals surface area contributed by atoms with Crippen molar-refractivity contribution in [3.8, 4) is 0 Å². The highest BCUT2D eigenvalue weighted by Gasteiger charge is 2.23. The van der Waals surface area contributed by atoms with Gasteiger partial charge >= 0.3 is 0 Å². The summed E-state index contributed by atoms with van der Waals surface area (Å²) in [5.74, 6) is -0.489. The van der Waals surface area contributed by atoms with Gasteiger partial charge in [-0.3, -0.25) is 9.59 Å². The summed E-state index contributed by atoms with van der Waals surface area (Å²) in [6, 6.07) is -1.17. The first kappa shape index (κ1) is 19.6. The van der Waals surface area contributed by atoms with Gasteiger partial charge in [-0.25, -0.2) is 0 Å². The number of hydrogen-bond donors (Lipinski definition) is 2. The molecule has 0 saturated carbocycles. The number of carbonyl (C=O) groups excluding carboxylic acids is 4. The number of ketones is 1. The fraction of sp³-hybridized carbons (Fsp3) is 0.667. The Balaban J connectivity index is 4.53. The lowest BCUT2D eigenvalue weighted by Crippen LogP contribution is -2.49. The van der Waals surface area contributed by atoms with Crippen molar-refractivity contribution < 1.29 is 19.2 Å². The smallest absolute Gasteiger partial charge is 0.237 e. The van der Waals surface area contributed by atoms with Gasteiger partial charge in [0.1, 0.15) is 0 Å². The van der Waals surface area contributed by atoms with Crippen LogP contribution in [0.3, 0.4) is 0 Å². The number of hydrogen-bond acceptors (Lipinski definition) is 5. The van der Waals surface area contributed by atoms with Crippen molar-refractivity contribution in [3.05, 3.63) is 0 Å². The summed E-state index contributed by atoms with van der Waals surface area (Å²) < 4.78 is 0. The first-order chi connectivity index (χ1) is 9.81. The Kier molecular flexibility index (Phi) is 9.70. The molecule has 0 bridgehead atoms. The summed E-state index contributed by atoms with van der Waals surface area (Å²) in [7, 11) is 5.30. The Morgan fingerprint density at radius 2 is 1.67 bits per heavy atom. The Hall–Kier alpha value is -1.37. The monoisotopic (exact) mass is 292 g/mol. The van der Waals surface area contributed by atoms with E-state index in [1.807, 2.05) is 0 Å². The molecular formula is C12H23B3N2O4. The predicted octanol–water partition coefficient (Wildman–Crippen LogP) is -3.12. The summed E-state index contributed by atoms with van der Waals surface area (Å²) in [6.45, 7) is 1.39. The number of Topliss-reactive ketones (excluding diaryl/α,β-unsaturated/α-hetero) is 1. The lowest BCUT2D eigenvalue weighted by Gasteiger charge is -2.20. The van der Waals surface area contributed by atoms with Gasteiger partial charge in [0.05, 0.1) is 31.2 Å². The molecule has 2 unspecified atom stereocenters. The van der Waals surface area contributed by atoms with Crippen LogP contribution < -0.4 is 10.6 Å². The second-order valence-corrected chi connectivity index (χ2v) is 5.18. The van der Waals surface area contributed by atoms with E-state index in [-0.39, 0.29) is 29.5 Å². The highest BCUT2D eigenvalue weighted by Crippen LogP contribution is 2.03. The van der Waals surface area contributed by atoms with Crippen molar-refractivity contribution in [2.45, 2.75) is 44.7 Å². The molecule has 114 valence electrons. The molecule has 0 aliphatic carbocycles. The van der Waals surface area contributed by atoms with Gasteiger partial charge in [0.25, 0.3) is 0 Å². The molecular weight excluding hydrogens is 269 g/mol. The fourth-order valence-corrected chi connectivity index (χ4v) is 1.89. The zero-order chi connectivity index (χ0) is 16.4. The third-order valence-corrected chi connectivity index (χ3v) is 3.36. The minimum absolute atomic E-state index is 0.0136. The predicted molar refractivity (Wildman–Crippen MR) is 88.2 cm³/mol. The SMILES string of the molecule is BBC(=O)CCC(NC(=O)C(CCC(B)=O)NC)C(C)=O. The lowest BCUT2D eigenvalue weighted by atomic mass is 9.52. The second kappa shape index (κ2) is 10.4. The number of likely N-dealkylation sites (N-methyl/N-ethyl adjacent to an activating group) is 1. The van der Waals surface area contributed by atoms with Crippen molar-refractivity contribution in [1.82, 2.24) is 10.6 Å². The molecule has 9 heteroatoms. The Bertz CT molecular complexity index is 404. The van der Waals surface area contributed by atoms with E-state index in [1.54, 1.807) is 14.8 Å². The van der Waals surface area contributed by atoms with Gasteiger partial charge in [-0.2, -0.15) is 0 Å². The van der Waals surface area contributed by atoms with E-state index in [1.165, 1.54) is 14.8 Å². The van der Waals surface area contributed by atoms with Gasteiger partial charge in [0, 0.05) is 0 Å². The van der Waals surface area contributed by atoms with Crippen LogP contribution in [-0.2, 0) is 19.2 Å². The van der Waals surface area contributed by atoms with Crippen LogP contribution in [0.15, 0.2) is 0 Å². The van der Waals surface area contributed by atoms with Crippen molar-refractivity contribution in [2.24, 2.45) is 0 Å². The second-order valence-electron chi connectivity index (χ2n) is 5.18. The first-order valence-corrected chi connectivity index (χ1v) is 7.31. The Morgan fingerprint density at radius 1 is 1.10 bits per heavy atom. The maximum absolute atomic E-state index is 12.1. The summed E-state index contributed by atoms with van der Waals surface area (Å²) in [5.41, 5.74) is 0.0805. The molecule has 2 N–H and O–H groups in total. The van der Waals surface area contributed by atoms with Crippen molar-refractivity contribution >= 4 is 45.8 Å². The third kappa shape index (κ3) is 8.50. The van der Waals surface area contributed by atoms with E-state index in [0.717, 1.165) is 0 Å². The molecule has 2 atom stereocenters. The topological polar surface area (TPSA) is 92.3 Å². The number of nitrogens with one attached hydrogen (secondary N) is 2. The Labute approximate surface area is 128 Å². The summed E-state index contributed by atoms with van der Waals surface area (Å²) in [5, 5.41) is 5.49. The number of amides is 1. The Morgan fingerprint density at radius 3 is 2.10 bits per heavy atom. The quantitative estimate of drug-likeness (QED) is 0.393. The number of carbonyl (C=O) groups is 4. The van der Waals surface area contributed by atoms with Gasteiger partial charge < -0.3 is 20.2 Å².